The SMILES string of the molecule is CC(C)(C)OC(=O)N1CCC[C@]12CCCNC2. The molecule has 0 aromatic rings. The van der Waals surface area contributed by atoms with Gasteiger partial charge in [-0.05, 0) is 53.0 Å². The van der Waals surface area contributed by atoms with Crippen LogP contribution in [0.25, 0.3) is 0 Å². The van der Waals surface area contributed by atoms with E-state index in [0.717, 1.165) is 45.3 Å². The van der Waals surface area contributed by atoms with Crippen molar-refractivity contribution in [1.29, 1.82) is 0 Å². The Morgan fingerprint density at radius 3 is 2.59 bits per heavy atom. The van der Waals surface area contributed by atoms with Gasteiger partial charge < -0.3 is 15.0 Å². The highest BCUT2D eigenvalue weighted by atomic mass is 16.6. The molecule has 0 bridgehead atoms. The van der Waals surface area contributed by atoms with Gasteiger partial charge in [0.25, 0.3) is 0 Å². The Balaban J connectivity index is 2.06. The second-order valence-electron chi connectivity index (χ2n) is 6.24. The molecule has 0 saturated carbocycles. The number of ether oxygens (including phenoxy) is 1. The number of carbonyl (C=O) groups excluding carboxylic acids is 1. The van der Waals surface area contributed by atoms with Gasteiger partial charge in [-0.1, -0.05) is 0 Å². The van der Waals surface area contributed by atoms with E-state index in [1.807, 2.05) is 25.7 Å². The second kappa shape index (κ2) is 4.48. The van der Waals surface area contributed by atoms with Gasteiger partial charge in [0.05, 0.1) is 5.54 Å². The molecule has 4 nitrogen and oxygen atoms in total. The molecule has 0 aromatic heterocycles. The molecule has 0 radical (unpaired) electrons. The fraction of sp³-hybridized carbons (Fsp3) is 0.923. The molecule has 0 aromatic carbocycles. The minimum Gasteiger partial charge on any atom is -0.444 e. The van der Waals surface area contributed by atoms with Gasteiger partial charge in [0.1, 0.15) is 5.60 Å². The Labute approximate surface area is 104 Å². The van der Waals surface area contributed by atoms with Crippen molar-refractivity contribution in [2.75, 3.05) is 19.6 Å². The maximum Gasteiger partial charge on any atom is 0.410 e. The third-order valence-electron chi connectivity index (χ3n) is 3.66. The van der Waals surface area contributed by atoms with Crippen LogP contribution in [0.2, 0.25) is 0 Å². The number of nitrogens with one attached hydrogen (secondary N) is 1. The highest BCUT2D eigenvalue weighted by Crippen LogP contribution is 2.35. The number of amides is 1. The summed E-state index contributed by atoms with van der Waals surface area (Å²) in [5, 5.41) is 3.42. The van der Waals surface area contributed by atoms with E-state index >= 15 is 0 Å². The third kappa shape index (κ3) is 2.73. The summed E-state index contributed by atoms with van der Waals surface area (Å²) in [6.45, 7) is 8.61. The van der Waals surface area contributed by atoms with Crippen molar-refractivity contribution >= 4 is 6.09 Å². The van der Waals surface area contributed by atoms with Crippen LogP contribution in [0.1, 0.15) is 46.5 Å². The van der Waals surface area contributed by atoms with E-state index in [2.05, 4.69) is 5.32 Å². The summed E-state index contributed by atoms with van der Waals surface area (Å²) < 4.78 is 5.51. The topological polar surface area (TPSA) is 41.6 Å². The Kier molecular flexibility index (Phi) is 3.34. The lowest BCUT2D eigenvalue weighted by atomic mass is 9.88. The van der Waals surface area contributed by atoms with E-state index in [-0.39, 0.29) is 11.6 Å². The molecule has 1 atom stereocenters. The van der Waals surface area contributed by atoms with Crippen molar-refractivity contribution in [2.45, 2.75) is 57.6 Å². The first-order valence-corrected chi connectivity index (χ1v) is 6.64. The number of rotatable bonds is 0. The van der Waals surface area contributed by atoms with Crippen molar-refractivity contribution in [2.24, 2.45) is 0 Å². The van der Waals surface area contributed by atoms with Crippen molar-refractivity contribution in [1.82, 2.24) is 10.2 Å². The summed E-state index contributed by atoms with van der Waals surface area (Å²) in [6, 6.07) is 0. The smallest absolute Gasteiger partial charge is 0.410 e. The highest BCUT2D eigenvalue weighted by Gasteiger charge is 2.45. The minimum absolute atomic E-state index is 0.0284. The number of likely N-dealkylation sites (tertiary alicyclic amines) is 1. The second-order valence-corrected chi connectivity index (χ2v) is 6.24. The van der Waals surface area contributed by atoms with Crippen molar-refractivity contribution in [3.63, 3.8) is 0 Å². The molecule has 2 rings (SSSR count). The molecule has 4 heteroatoms. The summed E-state index contributed by atoms with van der Waals surface area (Å²) in [5.74, 6) is 0. The zero-order chi connectivity index (χ0) is 12.5. The Morgan fingerprint density at radius 2 is 2.00 bits per heavy atom. The number of nitrogens with zero attached hydrogens (tertiary/aromatic N) is 1. The molecule has 2 heterocycles. The molecule has 2 fully saturated rings. The van der Waals surface area contributed by atoms with Crippen LogP contribution in [0.5, 0.6) is 0 Å². The number of hydrogen-bond acceptors (Lipinski definition) is 3. The minimum atomic E-state index is -0.400. The molecule has 2 aliphatic heterocycles. The van der Waals surface area contributed by atoms with Crippen LogP contribution in [-0.4, -0.2) is 41.8 Å². The molecule has 0 aliphatic carbocycles. The van der Waals surface area contributed by atoms with Gasteiger partial charge in [0.15, 0.2) is 0 Å². The molecule has 1 spiro atoms. The molecule has 98 valence electrons. The van der Waals surface area contributed by atoms with Crippen LogP contribution in [0, 0.1) is 0 Å². The highest BCUT2D eigenvalue weighted by molar-refractivity contribution is 5.69. The number of carbonyl (C=O) groups is 1. The predicted molar refractivity (Wildman–Crippen MR) is 67.0 cm³/mol. The van der Waals surface area contributed by atoms with Crippen LogP contribution in [-0.2, 0) is 4.74 Å². The summed E-state index contributed by atoms with van der Waals surface area (Å²) in [7, 11) is 0. The molecule has 0 unspecified atom stereocenters. The molecular formula is C13H24N2O2. The standard InChI is InChI=1S/C13H24N2O2/c1-12(2,3)17-11(16)15-9-5-7-13(15)6-4-8-14-10-13/h14H,4-10H2,1-3H3/t13-/m0/s1. The molecule has 2 saturated heterocycles. The van der Waals surface area contributed by atoms with Gasteiger partial charge in [0, 0.05) is 13.1 Å². The van der Waals surface area contributed by atoms with Crippen LogP contribution in [0.4, 0.5) is 4.79 Å². The third-order valence-corrected chi connectivity index (χ3v) is 3.66. The first-order valence-electron chi connectivity index (χ1n) is 6.64. The molecule has 1 N–H and O–H groups in total. The van der Waals surface area contributed by atoms with Gasteiger partial charge >= 0.3 is 6.09 Å². The van der Waals surface area contributed by atoms with Crippen molar-refractivity contribution < 1.29 is 9.53 Å². The summed E-state index contributed by atoms with van der Waals surface area (Å²) in [4.78, 5) is 14.2. The summed E-state index contributed by atoms with van der Waals surface area (Å²) in [6.07, 6.45) is 4.33. The van der Waals surface area contributed by atoms with E-state index < -0.39 is 5.60 Å². The van der Waals surface area contributed by atoms with Crippen LogP contribution in [0.15, 0.2) is 0 Å². The Hall–Kier alpha value is -0.770. The molecule has 1 amide bonds. The fourth-order valence-corrected chi connectivity index (χ4v) is 2.94. The fourth-order valence-electron chi connectivity index (χ4n) is 2.94. The van der Waals surface area contributed by atoms with Gasteiger partial charge in [-0.3, -0.25) is 0 Å². The van der Waals surface area contributed by atoms with Crippen LogP contribution >= 0.6 is 0 Å². The Morgan fingerprint density at radius 1 is 1.29 bits per heavy atom. The van der Waals surface area contributed by atoms with Crippen LogP contribution in [0.3, 0.4) is 0 Å². The van der Waals surface area contributed by atoms with Crippen LogP contribution < -0.4 is 5.32 Å². The predicted octanol–water partition coefficient (Wildman–Crippen LogP) is 2.14. The Bertz CT molecular complexity index is 290. The number of hydrogen-bond donors (Lipinski definition) is 1. The lowest BCUT2D eigenvalue weighted by molar-refractivity contribution is 0.00335. The number of piperidine rings is 1. The van der Waals surface area contributed by atoms with E-state index in [0.29, 0.717) is 0 Å². The molecular weight excluding hydrogens is 216 g/mol. The first-order chi connectivity index (χ1) is 7.93. The molecule has 17 heavy (non-hydrogen) atoms. The van der Waals surface area contributed by atoms with Gasteiger partial charge in [0.2, 0.25) is 0 Å². The summed E-state index contributed by atoms with van der Waals surface area (Å²) >= 11 is 0. The van der Waals surface area contributed by atoms with E-state index in [1.165, 1.54) is 0 Å². The quantitative estimate of drug-likeness (QED) is 0.705. The van der Waals surface area contributed by atoms with Crippen molar-refractivity contribution in [3.8, 4) is 0 Å². The average molecular weight is 240 g/mol. The zero-order valence-corrected chi connectivity index (χ0v) is 11.2. The van der Waals surface area contributed by atoms with E-state index in [9.17, 15) is 4.79 Å². The van der Waals surface area contributed by atoms with Gasteiger partial charge in [-0.2, -0.15) is 0 Å². The van der Waals surface area contributed by atoms with E-state index in [4.69, 9.17) is 4.74 Å². The van der Waals surface area contributed by atoms with Crippen molar-refractivity contribution in [3.05, 3.63) is 0 Å². The first kappa shape index (κ1) is 12.7. The lowest BCUT2D eigenvalue weighted by Crippen LogP contribution is -2.57. The normalized spacial score (nSPS) is 29.7. The van der Waals surface area contributed by atoms with E-state index in [1.54, 1.807) is 0 Å². The average Bonchev–Trinajstić information content (AvgIpc) is 2.60. The maximum absolute atomic E-state index is 12.2. The maximum atomic E-state index is 12.2. The van der Waals surface area contributed by atoms with Gasteiger partial charge in [-0.25, -0.2) is 4.79 Å². The van der Waals surface area contributed by atoms with Gasteiger partial charge in [-0.15, -0.1) is 0 Å². The largest absolute Gasteiger partial charge is 0.444 e. The monoisotopic (exact) mass is 240 g/mol. The molecule has 2 aliphatic rings. The zero-order valence-electron chi connectivity index (χ0n) is 11.2. The lowest BCUT2D eigenvalue weighted by Gasteiger charge is -2.42. The summed E-state index contributed by atoms with van der Waals surface area (Å²) in [5.41, 5.74) is -0.371.